The standard InChI is InChI=1S/C18H20N6O/c1-23-10-6-16(22-23)18(25)20-9-11-24-17(14-2-3-14)15(12-21-24)13-4-7-19-8-5-13/h4-8,10,12,14H,2-3,9,11H2,1H3,(H,20,25). The first-order valence-electron chi connectivity index (χ1n) is 8.46. The Bertz CT molecular complexity index is 878. The number of aromatic nitrogens is 5. The maximum atomic E-state index is 12.1. The van der Waals surface area contributed by atoms with E-state index in [2.05, 4.69) is 20.5 Å². The topological polar surface area (TPSA) is 77.6 Å². The first-order chi connectivity index (χ1) is 12.2. The van der Waals surface area contributed by atoms with Gasteiger partial charge in [-0.15, -0.1) is 0 Å². The molecule has 1 fully saturated rings. The molecular formula is C18H20N6O. The van der Waals surface area contributed by atoms with Crippen molar-refractivity contribution in [2.75, 3.05) is 6.54 Å². The van der Waals surface area contributed by atoms with Crippen LogP contribution < -0.4 is 5.32 Å². The molecule has 1 aliphatic rings. The highest BCUT2D eigenvalue weighted by Crippen LogP contribution is 2.44. The van der Waals surface area contributed by atoms with E-state index in [0.717, 1.165) is 5.56 Å². The lowest BCUT2D eigenvalue weighted by atomic mass is 10.1. The number of hydrogen-bond donors (Lipinski definition) is 1. The molecule has 3 aromatic heterocycles. The monoisotopic (exact) mass is 336 g/mol. The lowest BCUT2D eigenvalue weighted by Gasteiger charge is -2.10. The van der Waals surface area contributed by atoms with Crippen LogP contribution in [0, 0.1) is 0 Å². The molecule has 0 saturated heterocycles. The molecular weight excluding hydrogens is 316 g/mol. The molecule has 0 spiro atoms. The number of rotatable bonds is 6. The summed E-state index contributed by atoms with van der Waals surface area (Å²) in [6.07, 6.45) is 9.68. The van der Waals surface area contributed by atoms with Crippen LogP contribution >= 0.6 is 0 Å². The fraction of sp³-hybridized carbons (Fsp3) is 0.333. The Kier molecular flexibility index (Phi) is 4.05. The fourth-order valence-electron chi connectivity index (χ4n) is 3.02. The minimum Gasteiger partial charge on any atom is -0.349 e. The van der Waals surface area contributed by atoms with Crippen LogP contribution in [0.3, 0.4) is 0 Å². The Morgan fingerprint density at radius 2 is 2.08 bits per heavy atom. The van der Waals surface area contributed by atoms with Crippen LogP contribution in [0.1, 0.15) is 34.9 Å². The quantitative estimate of drug-likeness (QED) is 0.747. The van der Waals surface area contributed by atoms with Gasteiger partial charge in [-0.1, -0.05) is 0 Å². The second-order valence-corrected chi connectivity index (χ2v) is 6.31. The van der Waals surface area contributed by atoms with E-state index in [-0.39, 0.29) is 5.91 Å². The summed E-state index contributed by atoms with van der Waals surface area (Å²) in [5.74, 6) is 0.409. The predicted molar refractivity (Wildman–Crippen MR) is 93.0 cm³/mol. The molecule has 0 radical (unpaired) electrons. The zero-order valence-electron chi connectivity index (χ0n) is 14.1. The van der Waals surface area contributed by atoms with Crippen LogP contribution in [0.25, 0.3) is 11.1 Å². The molecule has 0 atom stereocenters. The van der Waals surface area contributed by atoms with Crippen LogP contribution in [-0.4, -0.2) is 37.0 Å². The number of amides is 1. The van der Waals surface area contributed by atoms with Crippen molar-refractivity contribution in [1.29, 1.82) is 0 Å². The Balaban J connectivity index is 1.46. The second-order valence-electron chi connectivity index (χ2n) is 6.31. The van der Waals surface area contributed by atoms with Crippen molar-refractivity contribution in [3.63, 3.8) is 0 Å². The zero-order valence-corrected chi connectivity index (χ0v) is 14.1. The Hall–Kier alpha value is -2.96. The molecule has 1 aliphatic carbocycles. The van der Waals surface area contributed by atoms with E-state index < -0.39 is 0 Å². The van der Waals surface area contributed by atoms with E-state index >= 15 is 0 Å². The molecule has 0 bridgehead atoms. The summed E-state index contributed by atoms with van der Waals surface area (Å²) < 4.78 is 3.64. The van der Waals surface area contributed by atoms with Crippen molar-refractivity contribution >= 4 is 5.91 Å². The fourth-order valence-corrected chi connectivity index (χ4v) is 3.02. The molecule has 1 saturated carbocycles. The molecule has 4 rings (SSSR count). The third kappa shape index (κ3) is 3.31. The van der Waals surface area contributed by atoms with Gasteiger partial charge in [0.2, 0.25) is 0 Å². The number of carbonyl (C=O) groups excluding carboxylic acids is 1. The third-order valence-electron chi connectivity index (χ3n) is 4.39. The van der Waals surface area contributed by atoms with Crippen molar-refractivity contribution in [3.05, 3.63) is 54.4 Å². The molecule has 7 nitrogen and oxygen atoms in total. The number of carbonyl (C=O) groups is 1. The third-order valence-corrected chi connectivity index (χ3v) is 4.39. The minimum atomic E-state index is -0.157. The average Bonchev–Trinajstić information content (AvgIpc) is 3.23. The van der Waals surface area contributed by atoms with Crippen molar-refractivity contribution in [2.45, 2.75) is 25.3 Å². The molecule has 0 unspecified atom stereocenters. The Morgan fingerprint density at radius 1 is 1.28 bits per heavy atom. The lowest BCUT2D eigenvalue weighted by molar-refractivity contribution is 0.0946. The maximum Gasteiger partial charge on any atom is 0.271 e. The highest BCUT2D eigenvalue weighted by Gasteiger charge is 2.30. The molecule has 25 heavy (non-hydrogen) atoms. The van der Waals surface area contributed by atoms with Crippen LogP contribution in [0.4, 0.5) is 0 Å². The molecule has 3 aromatic rings. The van der Waals surface area contributed by atoms with E-state index in [1.807, 2.05) is 23.0 Å². The molecule has 1 N–H and O–H groups in total. The number of aryl methyl sites for hydroxylation is 1. The van der Waals surface area contributed by atoms with Gasteiger partial charge in [0.05, 0.1) is 12.7 Å². The summed E-state index contributed by atoms with van der Waals surface area (Å²) in [6.45, 7) is 1.17. The molecule has 7 heteroatoms. The average molecular weight is 336 g/mol. The molecule has 128 valence electrons. The largest absolute Gasteiger partial charge is 0.349 e. The molecule has 0 aliphatic heterocycles. The van der Waals surface area contributed by atoms with Crippen molar-refractivity contribution in [2.24, 2.45) is 7.05 Å². The van der Waals surface area contributed by atoms with Crippen LogP contribution in [0.2, 0.25) is 0 Å². The van der Waals surface area contributed by atoms with E-state index in [9.17, 15) is 4.79 Å². The van der Waals surface area contributed by atoms with Gasteiger partial charge in [-0.05, 0) is 36.6 Å². The number of nitrogens with one attached hydrogen (secondary N) is 1. The van der Waals surface area contributed by atoms with E-state index in [0.29, 0.717) is 24.7 Å². The van der Waals surface area contributed by atoms with Crippen LogP contribution in [-0.2, 0) is 13.6 Å². The predicted octanol–water partition coefficient (Wildman–Crippen LogP) is 1.99. The highest BCUT2D eigenvalue weighted by atomic mass is 16.1. The maximum absolute atomic E-state index is 12.1. The summed E-state index contributed by atoms with van der Waals surface area (Å²) in [5, 5.41) is 11.6. The van der Waals surface area contributed by atoms with E-state index in [1.54, 1.807) is 36.4 Å². The molecule has 3 heterocycles. The smallest absolute Gasteiger partial charge is 0.271 e. The van der Waals surface area contributed by atoms with Gasteiger partial charge in [0.15, 0.2) is 0 Å². The summed E-state index contributed by atoms with van der Waals surface area (Å²) in [4.78, 5) is 16.2. The molecule has 1 amide bonds. The van der Waals surface area contributed by atoms with Gasteiger partial charge in [-0.25, -0.2) is 0 Å². The Morgan fingerprint density at radius 3 is 2.76 bits per heavy atom. The van der Waals surface area contributed by atoms with Gasteiger partial charge in [-0.2, -0.15) is 10.2 Å². The van der Waals surface area contributed by atoms with Crippen LogP contribution in [0.15, 0.2) is 43.0 Å². The van der Waals surface area contributed by atoms with Crippen molar-refractivity contribution in [1.82, 2.24) is 29.9 Å². The van der Waals surface area contributed by atoms with Gasteiger partial charge in [0.25, 0.3) is 5.91 Å². The van der Waals surface area contributed by atoms with Crippen molar-refractivity contribution in [3.8, 4) is 11.1 Å². The van der Waals surface area contributed by atoms with Gasteiger partial charge in [0, 0.05) is 49.4 Å². The summed E-state index contributed by atoms with van der Waals surface area (Å²) >= 11 is 0. The van der Waals surface area contributed by atoms with Gasteiger partial charge in [-0.3, -0.25) is 19.1 Å². The zero-order chi connectivity index (χ0) is 17.2. The van der Waals surface area contributed by atoms with Crippen molar-refractivity contribution < 1.29 is 4.79 Å². The second kappa shape index (κ2) is 6.51. The molecule has 0 aromatic carbocycles. The first kappa shape index (κ1) is 15.6. The minimum absolute atomic E-state index is 0.157. The summed E-state index contributed by atoms with van der Waals surface area (Å²) in [6, 6.07) is 5.73. The normalized spacial score (nSPS) is 13.8. The number of nitrogens with zero attached hydrogens (tertiary/aromatic N) is 5. The number of pyridine rings is 1. The summed E-state index contributed by atoms with van der Waals surface area (Å²) in [7, 11) is 1.79. The Labute approximate surface area is 145 Å². The van der Waals surface area contributed by atoms with E-state index in [4.69, 9.17) is 0 Å². The van der Waals surface area contributed by atoms with Gasteiger partial charge in [0.1, 0.15) is 5.69 Å². The number of hydrogen-bond acceptors (Lipinski definition) is 4. The lowest BCUT2D eigenvalue weighted by Crippen LogP contribution is -2.28. The SMILES string of the molecule is Cn1ccc(C(=O)NCCn2ncc(-c3ccncc3)c2C2CC2)n1. The van der Waals surface area contributed by atoms with Crippen LogP contribution in [0.5, 0.6) is 0 Å². The first-order valence-corrected chi connectivity index (χ1v) is 8.46. The summed E-state index contributed by atoms with van der Waals surface area (Å²) in [5.41, 5.74) is 4.00. The highest BCUT2D eigenvalue weighted by molar-refractivity contribution is 5.92. The van der Waals surface area contributed by atoms with Gasteiger partial charge >= 0.3 is 0 Å². The van der Waals surface area contributed by atoms with Gasteiger partial charge < -0.3 is 5.32 Å². The van der Waals surface area contributed by atoms with E-state index in [1.165, 1.54) is 24.1 Å².